The summed E-state index contributed by atoms with van der Waals surface area (Å²) in [5.41, 5.74) is 2.35. The standard InChI is InChI=1S/C24H21N3O3/c1-16-7-5-10-18(13-16)14-26-23(29)20-21(28)19-11-6-12-25-22(19)27(24(20)30)15-17-8-3-2-4-9-17/h2-13,28H,14-15H2,1H3,(H,26,29). The molecule has 0 unspecified atom stereocenters. The van der Waals surface area contributed by atoms with Gasteiger partial charge in [0.15, 0.2) is 0 Å². The number of benzene rings is 2. The second-order valence-corrected chi connectivity index (χ2v) is 7.15. The minimum absolute atomic E-state index is 0.242. The van der Waals surface area contributed by atoms with E-state index < -0.39 is 11.5 Å². The van der Waals surface area contributed by atoms with Gasteiger partial charge in [-0.15, -0.1) is 0 Å². The van der Waals surface area contributed by atoms with Crippen molar-refractivity contribution in [2.45, 2.75) is 20.0 Å². The first-order valence-corrected chi connectivity index (χ1v) is 9.63. The van der Waals surface area contributed by atoms with Crippen molar-refractivity contribution < 1.29 is 9.90 Å². The normalized spacial score (nSPS) is 10.8. The van der Waals surface area contributed by atoms with E-state index in [2.05, 4.69) is 10.3 Å². The highest BCUT2D eigenvalue weighted by molar-refractivity contribution is 6.01. The number of carbonyl (C=O) groups is 1. The maximum atomic E-state index is 13.2. The van der Waals surface area contributed by atoms with Crippen molar-refractivity contribution in [3.05, 3.63) is 106 Å². The van der Waals surface area contributed by atoms with E-state index in [1.54, 1.807) is 18.3 Å². The van der Waals surface area contributed by atoms with Crippen molar-refractivity contribution in [3.8, 4) is 5.75 Å². The quantitative estimate of drug-likeness (QED) is 0.539. The second-order valence-electron chi connectivity index (χ2n) is 7.15. The van der Waals surface area contributed by atoms with E-state index in [4.69, 9.17) is 0 Å². The Hall–Kier alpha value is -3.93. The minimum Gasteiger partial charge on any atom is -0.506 e. The first kappa shape index (κ1) is 19.4. The van der Waals surface area contributed by atoms with Gasteiger partial charge in [-0.05, 0) is 30.2 Å². The molecule has 0 spiro atoms. The van der Waals surface area contributed by atoms with E-state index in [-0.39, 0.29) is 24.4 Å². The molecule has 4 rings (SSSR count). The van der Waals surface area contributed by atoms with Crippen molar-refractivity contribution in [1.82, 2.24) is 14.9 Å². The molecule has 0 aliphatic heterocycles. The summed E-state index contributed by atoms with van der Waals surface area (Å²) in [6.45, 7) is 2.46. The number of hydrogen-bond acceptors (Lipinski definition) is 4. The molecule has 0 saturated carbocycles. The van der Waals surface area contributed by atoms with Gasteiger partial charge in [0.2, 0.25) is 0 Å². The Balaban J connectivity index is 1.75. The van der Waals surface area contributed by atoms with Gasteiger partial charge >= 0.3 is 0 Å². The number of pyridine rings is 2. The van der Waals surface area contributed by atoms with Crippen LogP contribution >= 0.6 is 0 Å². The fourth-order valence-corrected chi connectivity index (χ4v) is 3.47. The van der Waals surface area contributed by atoms with Crippen molar-refractivity contribution >= 4 is 16.9 Å². The number of aromatic nitrogens is 2. The smallest absolute Gasteiger partial charge is 0.269 e. The summed E-state index contributed by atoms with van der Waals surface area (Å²) in [5, 5.41) is 13.8. The Morgan fingerprint density at radius 2 is 1.80 bits per heavy atom. The molecule has 4 aromatic rings. The first-order chi connectivity index (χ1) is 14.5. The molecule has 6 nitrogen and oxygen atoms in total. The van der Waals surface area contributed by atoms with Gasteiger partial charge in [0, 0.05) is 12.7 Å². The highest BCUT2D eigenvalue weighted by Crippen LogP contribution is 2.25. The number of amides is 1. The Labute approximate surface area is 173 Å². The summed E-state index contributed by atoms with van der Waals surface area (Å²) in [5.74, 6) is -0.972. The number of rotatable bonds is 5. The highest BCUT2D eigenvalue weighted by atomic mass is 16.3. The number of fused-ring (bicyclic) bond motifs is 1. The van der Waals surface area contributed by atoms with E-state index >= 15 is 0 Å². The molecule has 6 heteroatoms. The molecular formula is C24H21N3O3. The van der Waals surface area contributed by atoms with Gasteiger partial charge in [0.25, 0.3) is 11.5 Å². The third-order valence-electron chi connectivity index (χ3n) is 4.94. The maximum absolute atomic E-state index is 13.2. The fraction of sp³-hybridized carbons (Fsp3) is 0.125. The predicted molar refractivity (Wildman–Crippen MR) is 116 cm³/mol. The van der Waals surface area contributed by atoms with Crippen LogP contribution in [0, 0.1) is 6.92 Å². The van der Waals surface area contributed by atoms with E-state index in [0.29, 0.717) is 11.0 Å². The monoisotopic (exact) mass is 399 g/mol. The van der Waals surface area contributed by atoms with Gasteiger partial charge in [-0.25, -0.2) is 4.98 Å². The molecule has 0 bridgehead atoms. The molecule has 30 heavy (non-hydrogen) atoms. The molecule has 2 aromatic carbocycles. The Morgan fingerprint density at radius 1 is 1.03 bits per heavy atom. The van der Waals surface area contributed by atoms with Crippen molar-refractivity contribution in [2.24, 2.45) is 0 Å². The summed E-state index contributed by atoms with van der Waals surface area (Å²) in [4.78, 5) is 30.4. The van der Waals surface area contributed by atoms with E-state index in [9.17, 15) is 14.7 Å². The third-order valence-corrected chi connectivity index (χ3v) is 4.94. The molecule has 0 radical (unpaired) electrons. The van der Waals surface area contributed by atoms with Gasteiger partial charge in [0.05, 0.1) is 11.9 Å². The average molecular weight is 399 g/mol. The van der Waals surface area contributed by atoms with Gasteiger partial charge in [-0.3, -0.25) is 14.2 Å². The van der Waals surface area contributed by atoms with Crippen LogP contribution in [0.15, 0.2) is 77.7 Å². The van der Waals surface area contributed by atoms with Crippen LogP contribution in [-0.2, 0) is 13.1 Å². The second kappa shape index (κ2) is 8.21. The van der Waals surface area contributed by atoms with E-state index in [1.165, 1.54) is 4.57 Å². The summed E-state index contributed by atoms with van der Waals surface area (Å²) in [7, 11) is 0. The highest BCUT2D eigenvalue weighted by Gasteiger charge is 2.22. The van der Waals surface area contributed by atoms with Crippen LogP contribution in [-0.4, -0.2) is 20.6 Å². The van der Waals surface area contributed by atoms with Crippen LogP contribution in [0.2, 0.25) is 0 Å². The number of carbonyl (C=O) groups excluding carboxylic acids is 1. The zero-order valence-electron chi connectivity index (χ0n) is 16.5. The summed E-state index contributed by atoms with van der Waals surface area (Å²) in [6.07, 6.45) is 1.56. The van der Waals surface area contributed by atoms with Crippen LogP contribution in [0.4, 0.5) is 0 Å². The summed E-state index contributed by atoms with van der Waals surface area (Å²) < 4.78 is 1.42. The lowest BCUT2D eigenvalue weighted by molar-refractivity contribution is 0.0946. The molecule has 0 fully saturated rings. The lowest BCUT2D eigenvalue weighted by Gasteiger charge is -2.14. The first-order valence-electron chi connectivity index (χ1n) is 9.63. The van der Waals surface area contributed by atoms with Crippen molar-refractivity contribution in [3.63, 3.8) is 0 Å². The van der Waals surface area contributed by atoms with Gasteiger partial charge in [-0.1, -0.05) is 60.2 Å². The Kier molecular flexibility index (Phi) is 5.30. The molecule has 0 aliphatic rings. The topological polar surface area (TPSA) is 84.2 Å². The van der Waals surface area contributed by atoms with Gasteiger partial charge in [-0.2, -0.15) is 0 Å². The molecule has 2 heterocycles. The molecule has 1 amide bonds. The fourth-order valence-electron chi connectivity index (χ4n) is 3.47. The predicted octanol–water partition coefficient (Wildman–Crippen LogP) is 3.39. The number of hydrogen-bond donors (Lipinski definition) is 2. The van der Waals surface area contributed by atoms with Crippen LogP contribution in [0.1, 0.15) is 27.0 Å². The largest absolute Gasteiger partial charge is 0.506 e. The number of nitrogens with zero attached hydrogens (tertiary/aromatic N) is 2. The average Bonchev–Trinajstić information content (AvgIpc) is 2.76. The molecular weight excluding hydrogens is 378 g/mol. The van der Waals surface area contributed by atoms with Crippen LogP contribution in [0.25, 0.3) is 11.0 Å². The molecule has 0 aliphatic carbocycles. The SMILES string of the molecule is Cc1cccc(CNC(=O)c2c(O)c3cccnc3n(Cc3ccccc3)c2=O)c1. The van der Waals surface area contributed by atoms with Gasteiger partial charge < -0.3 is 10.4 Å². The zero-order valence-corrected chi connectivity index (χ0v) is 16.5. The molecule has 0 atom stereocenters. The molecule has 150 valence electrons. The zero-order chi connectivity index (χ0) is 21.1. The lowest BCUT2D eigenvalue weighted by Crippen LogP contribution is -2.33. The number of aromatic hydroxyl groups is 1. The van der Waals surface area contributed by atoms with Crippen molar-refractivity contribution in [1.29, 1.82) is 0 Å². The lowest BCUT2D eigenvalue weighted by atomic mass is 10.1. The minimum atomic E-state index is -0.619. The Bertz CT molecular complexity index is 1280. The van der Waals surface area contributed by atoms with Crippen LogP contribution in [0.5, 0.6) is 5.75 Å². The maximum Gasteiger partial charge on any atom is 0.269 e. The van der Waals surface area contributed by atoms with E-state index in [0.717, 1.165) is 16.7 Å². The summed E-state index contributed by atoms with van der Waals surface area (Å²) in [6, 6.07) is 20.5. The number of nitrogens with one attached hydrogen (secondary N) is 1. The van der Waals surface area contributed by atoms with E-state index in [1.807, 2.05) is 61.5 Å². The summed E-state index contributed by atoms with van der Waals surface area (Å²) >= 11 is 0. The third kappa shape index (κ3) is 3.80. The molecule has 0 saturated heterocycles. The van der Waals surface area contributed by atoms with Crippen LogP contribution in [0.3, 0.4) is 0 Å². The van der Waals surface area contributed by atoms with Crippen molar-refractivity contribution in [2.75, 3.05) is 0 Å². The molecule has 2 aromatic heterocycles. The van der Waals surface area contributed by atoms with Crippen LogP contribution < -0.4 is 10.9 Å². The van der Waals surface area contributed by atoms with Gasteiger partial charge in [0.1, 0.15) is 17.0 Å². The number of aryl methyl sites for hydroxylation is 1. The molecule has 2 N–H and O–H groups in total. The Morgan fingerprint density at radius 3 is 2.57 bits per heavy atom.